The highest BCUT2D eigenvalue weighted by Gasteiger charge is 2.44. The maximum atomic E-state index is 12.2. The predicted octanol–water partition coefficient (Wildman–Crippen LogP) is -1.11. The molecule has 0 fully saturated rings. The fourth-order valence-electron chi connectivity index (χ4n) is 2.96. The van der Waals surface area contributed by atoms with Crippen LogP contribution in [0.3, 0.4) is 0 Å². The van der Waals surface area contributed by atoms with Crippen molar-refractivity contribution in [1.29, 1.82) is 0 Å². The van der Waals surface area contributed by atoms with Gasteiger partial charge in [0.1, 0.15) is 16.9 Å². The number of carboxylic acids is 4. The third-order valence-corrected chi connectivity index (χ3v) is 4.33. The number of aliphatic carboxylic acids is 2. The Morgan fingerprint density at radius 3 is 1.34 bits per heavy atom. The Bertz CT molecular complexity index is 927. The molecule has 0 aromatic heterocycles. The molecule has 2 N–H and O–H groups in total. The first-order valence-corrected chi connectivity index (χ1v) is 7.87. The van der Waals surface area contributed by atoms with Gasteiger partial charge in [0, 0.05) is 0 Å². The lowest BCUT2D eigenvalue weighted by Gasteiger charge is -2.38. The number of aromatic carboxylic acids is 2. The highest BCUT2D eigenvalue weighted by molar-refractivity contribution is 6.11. The summed E-state index contributed by atoms with van der Waals surface area (Å²) in [4.78, 5) is 47.8. The van der Waals surface area contributed by atoms with Gasteiger partial charge in [0.05, 0.1) is 37.3 Å². The summed E-state index contributed by atoms with van der Waals surface area (Å²) < 4.78 is 9.88. The molecule has 10 nitrogen and oxygen atoms in total. The number of carbonyl (C=O) groups is 4. The molecule has 0 unspecified atom stereocenters. The van der Waals surface area contributed by atoms with Gasteiger partial charge in [-0.2, -0.15) is 0 Å². The number of methoxy groups -OCH3 is 2. The van der Waals surface area contributed by atoms with Gasteiger partial charge in [-0.3, -0.25) is 0 Å². The van der Waals surface area contributed by atoms with Gasteiger partial charge in [-0.1, -0.05) is 0 Å². The van der Waals surface area contributed by atoms with Crippen LogP contribution in [0.1, 0.15) is 31.8 Å². The van der Waals surface area contributed by atoms with Crippen molar-refractivity contribution in [3.05, 3.63) is 58.7 Å². The SMILES string of the molecule is COc1ccc(C(=O)O)c(C(C(=O)[O-])(C(=O)[O-])c2cc(OC)ccc2C(=O)O)c1. The van der Waals surface area contributed by atoms with E-state index in [9.17, 15) is 39.6 Å². The Morgan fingerprint density at radius 2 is 1.10 bits per heavy atom. The van der Waals surface area contributed by atoms with E-state index in [4.69, 9.17) is 9.47 Å². The zero-order chi connectivity index (χ0) is 21.9. The van der Waals surface area contributed by atoms with Crippen LogP contribution in [0.2, 0.25) is 0 Å². The molecule has 0 radical (unpaired) electrons. The Kier molecular flexibility index (Phi) is 5.77. The van der Waals surface area contributed by atoms with Gasteiger partial charge in [-0.15, -0.1) is 0 Å². The second-order valence-electron chi connectivity index (χ2n) is 5.76. The average Bonchev–Trinajstić information content (AvgIpc) is 2.67. The molecule has 10 heteroatoms. The fraction of sp³-hybridized carbons (Fsp3) is 0.158. The van der Waals surface area contributed by atoms with Crippen molar-refractivity contribution in [2.75, 3.05) is 14.2 Å². The van der Waals surface area contributed by atoms with E-state index in [-0.39, 0.29) is 11.5 Å². The standard InChI is InChI=1S/C19H16O10/c1-28-9-3-5-11(15(20)21)13(7-9)19(17(24)25,18(26)27)14-8-10(29-2)4-6-12(14)16(22)23/h3-8H,1-2H3,(H,20,21)(H,22,23)(H,24,25)(H,26,27)/p-2. The Morgan fingerprint density at radius 1 is 0.759 bits per heavy atom. The molecule has 0 amide bonds. The number of benzene rings is 2. The summed E-state index contributed by atoms with van der Waals surface area (Å²) in [7, 11) is 2.38. The number of hydrogen-bond donors (Lipinski definition) is 2. The van der Waals surface area contributed by atoms with Crippen molar-refractivity contribution < 1.29 is 49.1 Å². The molecule has 152 valence electrons. The van der Waals surface area contributed by atoms with Gasteiger partial charge in [0.25, 0.3) is 0 Å². The lowest BCUT2D eigenvalue weighted by atomic mass is 9.70. The molecule has 0 bridgehead atoms. The first-order chi connectivity index (χ1) is 13.6. The molecular weight excluding hydrogens is 388 g/mol. The van der Waals surface area contributed by atoms with Crippen molar-refractivity contribution >= 4 is 23.9 Å². The fourth-order valence-corrected chi connectivity index (χ4v) is 2.96. The molecule has 2 aromatic rings. The number of rotatable bonds is 8. The minimum atomic E-state index is -3.30. The number of carbonyl (C=O) groups excluding carboxylic acids is 2. The third-order valence-electron chi connectivity index (χ3n) is 4.33. The Hall–Kier alpha value is -4.08. The van der Waals surface area contributed by atoms with Gasteiger partial charge >= 0.3 is 11.9 Å². The van der Waals surface area contributed by atoms with E-state index in [1.165, 1.54) is 26.4 Å². The van der Waals surface area contributed by atoms with Gasteiger partial charge in [0.2, 0.25) is 0 Å². The minimum absolute atomic E-state index is 0.0725. The van der Waals surface area contributed by atoms with Gasteiger partial charge in [0.15, 0.2) is 0 Å². The van der Waals surface area contributed by atoms with E-state index in [1.807, 2.05) is 0 Å². The Labute approximate surface area is 163 Å². The van der Waals surface area contributed by atoms with Crippen LogP contribution in [-0.4, -0.2) is 48.3 Å². The average molecular weight is 402 g/mol. The van der Waals surface area contributed by atoms with E-state index >= 15 is 0 Å². The minimum Gasteiger partial charge on any atom is -0.548 e. The van der Waals surface area contributed by atoms with Crippen LogP contribution in [0.4, 0.5) is 0 Å². The summed E-state index contributed by atoms with van der Waals surface area (Å²) >= 11 is 0. The van der Waals surface area contributed by atoms with Crippen LogP contribution in [-0.2, 0) is 15.0 Å². The highest BCUT2D eigenvalue weighted by Crippen LogP contribution is 2.39. The van der Waals surface area contributed by atoms with Crippen LogP contribution in [0.25, 0.3) is 0 Å². The smallest absolute Gasteiger partial charge is 0.336 e. The highest BCUT2D eigenvalue weighted by atomic mass is 16.5. The molecule has 0 heterocycles. The van der Waals surface area contributed by atoms with E-state index in [2.05, 4.69) is 0 Å². The van der Waals surface area contributed by atoms with E-state index in [1.54, 1.807) is 0 Å². The summed E-state index contributed by atoms with van der Waals surface area (Å²) in [6.45, 7) is 0. The molecule has 29 heavy (non-hydrogen) atoms. The first kappa shape index (κ1) is 21.2. The predicted molar refractivity (Wildman–Crippen MR) is 90.7 cm³/mol. The summed E-state index contributed by atoms with van der Waals surface area (Å²) in [5.41, 5.74) is -6.36. The number of carboxylic acid groups (broad SMARTS) is 4. The molecule has 0 aliphatic carbocycles. The largest absolute Gasteiger partial charge is 0.548 e. The number of ether oxygens (including phenoxy) is 2. The van der Waals surface area contributed by atoms with Crippen molar-refractivity contribution in [2.24, 2.45) is 0 Å². The van der Waals surface area contributed by atoms with Crippen LogP contribution in [0, 0.1) is 0 Å². The van der Waals surface area contributed by atoms with Crippen molar-refractivity contribution in [1.82, 2.24) is 0 Å². The normalized spacial score (nSPS) is 10.8. The summed E-state index contributed by atoms with van der Waals surface area (Å²) in [6, 6.07) is 5.92. The first-order valence-electron chi connectivity index (χ1n) is 7.87. The van der Waals surface area contributed by atoms with Gasteiger partial charge < -0.3 is 39.5 Å². The van der Waals surface area contributed by atoms with Crippen molar-refractivity contribution in [3.63, 3.8) is 0 Å². The van der Waals surface area contributed by atoms with E-state index in [0.717, 1.165) is 24.3 Å². The van der Waals surface area contributed by atoms with Gasteiger partial charge in [-0.05, 0) is 47.5 Å². The second kappa shape index (κ2) is 7.89. The maximum Gasteiger partial charge on any atom is 0.336 e. The zero-order valence-electron chi connectivity index (χ0n) is 15.1. The van der Waals surface area contributed by atoms with Crippen molar-refractivity contribution in [2.45, 2.75) is 5.41 Å². The van der Waals surface area contributed by atoms with Crippen LogP contribution in [0.5, 0.6) is 11.5 Å². The van der Waals surface area contributed by atoms with Crippen LogP contribution in [0.15, 0.2) is 36.4 Å². The van der Waals surface area contributed by atoms with E-state index < -0.39 is 51.5 Å². The quantitative estimate of drug-likeness (QED) is 0.515. The molecule has 0 saturated heterocycles. The molecule has 0 aliphatic rings. The summed E-state index contributed by atoms with van der Waals surface area (Å²) in [5.74, 6) is -8.06. The molecule has 0 atom stereocenters. The molecule has 0 spiro atoms. The monoisotopic (exact) mass is 402 g/mol. The van der Waals surface area contributed by atoms with Gasteiger partial charge in [-0.25, -0.2) is 9.59 Å². The molecule has 0 aliphatic heterocycles. The molecule has 2 rings (SSSR count). The topological polar surface area (TPSA) is 173 Å². The molecule has 0 saturated carbocycles. The third kappa shape index (κ3) is 3.43. The summed E-state index contributed by atoms with van der Waals surface area (Å²) in [6.07, 6.45) is 0. The van der Waals surface area contributed by atoms with Crippen LogP contribution >= 0.6 is 0 Å². The van der Waals surface area contributed by atoms with E-state index in [0.29, 0.717) is 0 Å². The second-order valence-corrected chi connectivity index (χ2v) is 5.76. The Balaban J connectivity index is 3.12. The lowest BCUT2D eigenvalue weighted by Crippen LogP contribution is -2.58. The van der Waals surface area contributed by atoms with Crippen molar-refractivity contribution in [3.8, 4) is 11.5 Å². The maximum absolute atomic E-state index is 12.2. The molecule has 2 aromatic carbocycles. The zero-order valence-corrected chi connectivity index (χ0v) is 15.1. The molecular formula is C19H14O10-2. The van der Waals surface area contributed by atoms with Crippen LogP contribution < -0.4 is 19.7 Å². The number of hydrogen-bond acceptors (Lipinski definition) is 8. The summed E-state index contributed by atoms with van der Waals surface area (Å²) in [5, 5.41) is 43.4. The lowest BCUT2D eigenvalue weighted by molar-refractivity contribution is -0.332.